The number of rotatable bonds is 5. The maximum Gasteiger partial charge on any atom is 0.246 e. The van der Waals surface area contributed by atoms with Gasteiger partial charge in [-0.15, -0.1) is 0 Å². The second kappa shape index (κ2) is 6.58. The van der Waals surface area contributed by atoms with Crippen molar-refractivity contribution >= 4 is 21.7 Å². The van der Waals surface area contributed by atoms with Crippen LogP contribution in [-0.2, 0) is 26.6 Å². The number of carbonyl (C=O) groups excluding carboxylic acids is 1. The highest BCUT2D eigenvalue weighted by molar-refractivity contribution is 7.89. The summed E-state index contributed by atoms with van der Waals surface area (Å²) >= 11 is 0. The van der Waals surface area contributed by atoms with Crippen molar-refractivity contribution in [2.24, 2.45) is 7.05 Å². The zero-order valence-corrected chi connectivity index (χ0v) is 14.0. The molecule has 0 saturated carbocycles. The number of carbonyl (C=O) groups is 1. The molecule has 3 rings (SSSR count). The monoisotopic (exact) mass is 342 g/mol. The van der Waals surface area contributed by atoms with E-state index in [0.717, 1.165) is 19.3 Å². The van der Waals surface area contributed by atoms with Crippen molar-refractivity contribution in [1.82, 2.24) is 14.5 Å². The first-order valence-electron chi connectivity index (χ1n) is 7.87. The van der Waals surface area contributed by atoms with Crippen LogP contribution in [0.5, 0.6) is 0 Å². The van der Waals surface area contributed by atoms with Crippen LogP contribution >= 0.6 is 0 Å². The van der Waals surface area contributed by atoms with Crippen LogP contribution in [0.25, 0.3) is 0 Å². The van der Waals surface area contributed by atoms with Crippen LogP contribution in [0, 0.1) is 0 Å². The molecule has 1 aromatic heterocycles. The molecule has 0 aliphatic carbocycles. The lowest BCUT2D eigenvalue weighted by molar-refractivity contribution is -0.121. The molecule has 3 heterocycles. The van der Waals surface area contributed by atoms with Gasteiger partial charge in [-0.25, -0.2) is 13.1 Å². The molecule has 23 heavy (non-hydrogen) atoms. The van der Waals surface area contributed by atoms with Gasteiger partial charge in [-0.1, -0.05) is 0 Å². The van der Waals surface area contributed by atoms with Gasteiger partial charge in [0.25, 0.3) is 0 Å². The highest BCUT2D eigenvalue weighted by Gasteiger charge is 2.34. The minimum absolute atomic E-state index is 0.0809. The van der Waals surface area contributed by atoms with Crippen molar-refractivity contribution in [1.29, 1.82) is 0 Å². The minimum atomic E-state index is -3.54. The molecule has 0 spiro atoms. The molecule has 0 aromatic carbocycles. The number of sulfonamides is 1. The van der Waals surface area contributed by atoms with Gasteiger partial charge >= 0.3 is 0 Å². The Bertz CT molecular complexity index is 666. The summed E-state index contributed by atoms with van der Waals surface area (Å²) in [6.45, 7) is 1.18. The molecular weight excluding hydrogens is 320 g/mol. The second-order valence-electron chi connectivity index (χ2n) is 6.03. The lowest BCUT2D eigenvalue weighted by Crippen LogP contribution is -2.53. The molecule has 2 atom stereocenters. The molecule has 8 nitrogen and oxygen atoms in total. The summed E-state index contributed by atoms with van der Waals surface area (Å²) in [5.41, 5.74) is 0. The van der Waals surface area contributed by atoms with Gasteiger partial charge in [0, 0.05) is 26.3 Å². The van der Waals surface area contributed by atoms with Gasteiger partial charge in [0.15, 0.2) is 0 Å². The summed E-state index contributed by atoms with van der Waals surface area (Å²) in [6.07, 6.45) is 4.24. The first-order chi connectivity index (χ1) is 11.0. The molecule has 0 unspecified atom stereocenters. The minimum Gasteiger partial charge on any atom is -0.377 e. The van der Waals surface area contributed by atoms with Gasteiger partial charge in [-0.05, 0) is 25.7 Å². The molecule has 1 N–H and O–H groups in total. The molecule has 2 aliphatic heterocycles. The Labute approximate surface area is 135 Å². The topological polar surface area (TPSA) is 93.5 Å². The molecular formula is C14H22N4O4S. The SMILES string of the molecule is Cn1nccc1N1CCC[C@@H](NS(=O)(=O)C[C@@H]2CCCO2)C1=O. The van der Waals surface area contributed by atoms with Crippen LogP contribution in [0.1, 0.15) is 25.7 Å². The Hall–Kier alpha value is -1.45. The smallest absolute Gasteiger partial charge is 0.246 e. The summed E-state index contributed by atoms with van der Waals surface area (Å²) in [7, 11) is -1.79. The number of aromatic nitrogens is 2. The van der Waals surface area contributed by atoms with Crippen LogP contribution in [0.4, 0.5) is 5.82 Å². The van der Waals surface area contributed by atoms with E-state index in [-0.39, 0.29) is 17.8 Å². The van der Waals surface area contributed by atoms with Crippen LogP contribution in [0.3, 0.4) is 0 Å². The maximum atomic E-state index is 12.6. The number of nitrogens with zero attached hydrogens (tertiary/aromatic N) is 3. The molecule has 0 bridgehead atoms. The number of anilines is 1. The zero-order chi connectivity index (χ0) is 16.4. The molecule has 9 heteroatoms. The van der Waals surface area contributed by atoms with E-state index in [4.69, 9.17) is 4.74 Å². The normalized spacial score (nSPS) is 26.0. The highest BCUT2D eigenvalue weighted by Crippen LogP contribution is 2.21. The summed E-state index contributed by atoms with van der Waals surface area (Å²) in [5.74, 6) is 0.372. The third-order valence-corrected chi connectivity index (χ3v) is 5.72. The third kappa shape index (κ3) is 3.73. The lowest BCUT2D eigenvalue weighted by atomic mass is 10.1. The number of amides is 1. The number of piperidine rings is 1. The molecule has 2 aliphatic rings. The standard InChI is InChI=1S/C14H22N4O4S/c1-17-13(6-7-15-17)18-8-2-5-12(14(18)19)16-23(20,21)10-11-4-3-9-22-11/h6-7,11-12,16H,2-5,8-10H2,1H3/t11-,12+/m0/s1. The summed E-state index contributed by atoms with van der Waals surface area (Å²) in [5, 5.41) is 4.06. The Morgan fingerprint density at radius 3 is 2.87 bits per heavy atom. The van der Waals surface area contributed by atoms with E-state index < -0.39 is 16.1 Å². The maximum absolute atomic E-state index is 12.6. The summed E-state index contributed by atoms with van der Waals surface area (Å²) < 4.78 is 34.1. The van der Waals surface area contributed by atoms with Crippen LogP contribution in [0.15, 0.2) is 12.3 Å². The van der Waals surface area contributed by atoms with E-state index in [1.807, 2.05) is 0 Å². The first-order valence-corrected chi connectivity index (χ1v) is 9.52. The van der Waals surface area contributed by atoms with Crippen molar-refractivity contribution < 1.29 is 17.9 Å². The predicted octanol–water partition coefficient (Wildman–Crippen LogP) is 0.0139. The van der Waals surface area contributed by atoms with E-state index in [1.54, 1.807) is 28.9 Å². The summed E-state index contributed by atoms with van der Waals surface area (Å²) in [6, 6.07) is 1.03. The highest BCUT2D eigenvalue weighted by atomic mass is 32.2. The number of nitrogens with one attached hydrogen (secondary N) is 1. The molecule has 0 radical (unpaired) electrons. The van der Waals surface area contributed by atoms with E-state index in [9.17, 15) is 13.2 Å². The average molecular weight is 342 g/mol. The first kappa shape index (κ1) is 16.4. The molecule has 1 aromatic rings. The van der Waals surface area contributed by atoms with Crippen LogP contribution in [0.2, 0.25) is 0 Å². The zero-order valence-electron chi connectivity index (χ0n) is 13.1. The second-order valence-corrected chi connectivity index (χ2v) is 7.83. The number of ether oxygens (including phenoxy) is 1. The molecule has 2 saturated heterocycles. The van der Waals surface area contributed by atoms with E-state index >= 15 is 0 Å². The van der Waals surface area contributed by atoms with Gasteiger partial charge in [-0.2, -0.15) is 5.10 Å². The van der Waals surface area contributed by atoms with Gasteiger partial charge in [-0.3, -0.25) is 14.4 Å². The van der Waals surface area contributed by atoms with Crippen LogP contribution in [-0.4, -0.2) is 55.2 Å². The van der Waals surface area contributed by atoms with Crippen molar-refractivity contribution in [2.75, 3.05) is 23.8 Å². The Morgan fingerprint density at radius 1 is 1.39 bits per heavy atom. The fourth-order valence-electron chi connectivity index (χ4n) is 3.13. The number of hydrogen-bond donors (Lipinski definition) is 1. The molecule has 128 valence electrons. The number of aryl methyl sites for hydroxylation is 1. The fourth-order valence-corrected chi connectivity index (χ4v) is 4.63. The number of hydrogen-bond acceptors (Lipinski definition) is 5. The van der Waals surface area contributed by atoms with Gasteiger partial charge in [0.2, 0.25) is 15.9 Å². The Morgan fingerprint density at radius 2 is 2.22 bits per heavy atom. The Balaban J connectivity index is 1.67. The summed E-state index contributed by atoms with van der Waals surface area (Å²) in [4.78, 5) is 14.2. The molecule has 2 fully saturated rings. The van der Waals surface area contributed by atoms with Crippen molar-refractivity contribution in [3.63, 3.8) is 0 Å². The van der Waals surface area contributed by atoms with Crippen molar-refractivity contribution in [3.8, 4) is 0 Å². The van der Waals surface area contributed by atoms with E-state index in [0.29, 0.717) is 25.4 Å². The third-order valence-electron chi connectivity index (χ3n) is 4.26. The lowest BCUT2D eigenvalue weighted by Gasteiger charge is -2.32. The van der Waals surface area contributed by atoms with Gasteiger partial charge in [0.05, 0.1) is 18.1 Å². The average Bonchev–Trinajstić information content (AvgIpc) is 3.12. The van der Waals surface area contributed by atoms with E-state index in [2.05, 4.69) is 9.82 Å². The van der Waals surface area contributed by atoms with Crippen molar-refractivity contribution in [3.05, 3.63) is 12.3 Å². The quantitative estimate of drug-likeness (QED) is 0.814. The predicted molar refractivity (Wildman–Crippen MR) is 84.5 cm³/mol. The van der Waals surface area contributed by atoms with Gasteiger partial charge in [0.1, 0.15) is 11.9 Å². The fraction of sp³-hybridized carbons (Fsp3) is 0.714. The van der Waals surface area contributed by atoms with E-state index in [1.165, 1.54) is 0 Å². The van der Waals surface area contributed by atoms with Crippen molar-refractivity contribution in [2.45, 2.75) is 37.8 Å². The molecule has 1 amide bonds. The van der Waals surface area contributed by atoms with Crippen LogP contribution < -0.4 is 9.62 Å². The largest absolute Gasteiger partial charge is 0.377 e. The Kier molecular flexibility index (Phi) is 4.69. The van der Waals surface area contributed by atoms with Gasteiger partial charge < -0.3 is 4.74 Å².